The van der Waals surface area contributed by atoms with E-state index in [1.165, 1.54) is 34.9 Å². The maximum Gasteiger partial charge on any atom is 0.252 e. The van der Waals surface area contributed by atoms with Gasteiger partial charge in [0.1, 0.15) is 27.5 Å². The van der Waals surface area contributed by atoms with Gasteiger partial charge >= 0.3 is 0 Å². The standard InChI is InChI=1S/C25H31N3O7S2/c1-32-15-14-28-22-20(34-3)11-12-21(35-4)23(22)36-25(28)26-24(29)17-6-5-13-27(16-17)37(30,31)19-9-7-18(33-2)8-10-19/h7-12,17H,5-6,13-16H2,1-4H3. The molecule has 1 fully saturated rings. The lowest BCUT2D eigenvalue weighted by Gasteiger charge is -2.30. The molecule has 2 heterocycles. The van der Waals surface area contributed by atoms with Crippen molar-refractivity contribution in [1.82, 2.24) is 8.87 Å². The molecule has 12 heteroatoms. The van der Waals surface area contributed by atoms with Crippen LogP contribution in [0.15, 0.2) is 46.3 Å². The Bertz CT molecular complexity index is 1430. The van der Waals surface area contributed by atoms with Crippen LogP contribution in [0.2, 0.25) is 0 Å². The van der Waals surface area contributed by atoms with Crippen molar-refractivity contribution in [2.75, 3.05) is 48.1 Å². The van der Waals surface area contributed by atoms with Crippen molar-refractivity contribution < 1.29 is 32.2 Å². The van der Waals surface area contributed by atoms with E-state index in [0.29, 0.717) is 54.6 Å². The van der Waals surface area contributed by atoms with Crippen molar-refractivity contribution in [3.63, 3.8) is 0 Å². The Morgan fingerprint density at radius 2 is 1.73 bits per heavy atom. The maximum absolute atomic E-state index is 13.4. The highest BCUT2D eigenvalue weighted by molar-refractivity contribution is 7.89. The molecule has 3 aromatic rings. The molecule has 0 bridgehead atoms. The first kappa shape index (κ1) is 27.1. The molecule has 0 N–H and O–H groups in total. The van der Waals surface area contributed by atoms with Gasteiger partial charge in [0.15, 0.2) is 4.80 Å². The second-order valence-electron chi connectivity index (χ2n) is 8.50. The van der Waals surface area contributed by atoms with Crippen LogP contribution in [0.25, 0.3) is 10.2 Å². The Hall–Kier alpha value is -2.93. The van der Waals surface area contributed by atoms with E-state index < -0.39 is 15.9 Å². The van der Waals surface area contributed by atoms with Gasteiger partial charge in [-0.1, -0.05) is 11.3 Å². The average Bonchev–Trinajstić information content (AvgIpc) is 3.29. The van der Waals surface area contributed by atoms with E-state index in [4.69, 9.17) is 18.9 Å². The Morgan fingerprint density at radius 1 is 1.03 bits per heavy atom. The molecule has 2 aromatic carbocycles. The number of methoxy groups -OCH3 is 4. The minimum atomic E-state index is -3.75. The second kappa shape index (κ2) is 11.6. The van der Waals surface area contributed by atoms with E-state index in [0.717, 1.165) is 10.2 Å². The van der Waals surface area contributed by atoms with Crippen LogP contribution >= 0.6 is 11.3 Å². The smallest absolute Gasteiger partial charge is 0.252 e. The Morgan fingerprint density at radius 3 is 2.38 bits per heavy atom. The molecule has 10 nitrogen and oxygen atoms in total. The van der Waals surface area contributed by atoms with Crippen LogP contribution < -0.4 is 19.0 Å². The molecule has 1 unspecified atom stereocenters. The molecule has 200 valence electrons. The number of piperidine rings is 1. The van der Waals surface area contributed by atoms with Crippen LogP contribution in [-0.4, -0.2) is 71.3 Å². The van der Waals surface area contributed by atoms with Crippen molar-refractivity contribution in [2.24, 2.45) is 10.9 Å². The predicted octanol–water partition coefficient (Wildman–Crippen LogP) is 2.90. The molecule has 0 spiro atoms. The fraction of sp³-hybridized carbons (Fsp3) is 0.440. The summed E-state index contributed by atoms with van der Waals surface area (Å²) >= 11 is 1.33. The van der Waals surface area contributed by atoms with Crippen LogP contribution in [0.1, 0.15) is 12.8 Å². The molecular weight excluding hydrogens is 518 g/mol. The summed E-state index contributed by atoms with van der Waals surface area (Å²) in [7, 11) is 2.55. The van der Waals surface area contributed by atoms with Crippen molar-refractivity contribution in [2.45, 2.75) is 24.3 Å². The fourth-order valence-corrected chi connectivity index (χ4v) is 7.07. The molecule has 1 atom stereocenters. The maximum atomic E-state index is 13.4. The number of carbonyl (C=O) groups excluding carboxylic acids is 1. The first-order chi connectivity index (χ1) is 17.8. The summed E-state index contributed by atoms with van der Waals surface area (Å²) in [6.07, 6.45) is 1.13. The van der Waals surface area contributed by atoms with Crippen molar-refractivity contribution in [3.8, 4) is 17.2 Å². The van der Waals surface area contributed by atoms with Crippen LogP contribution in [0, 0.1) is 5.92 Å². The van der Waals surface area contributed by atoms with Gasteiger partial charge in [0.05, 0.1) is 38.7 Å². The number of hydrogen-bond acceptors (Lipinski definition) is 8. The van der Waals surface area contributed by atoms with Gasteiger partial charge in [0.25, 0.3) is 5.91 Å². The molecule has 1 aliphatic rings. The van der Waals surface area contributed by atoms with E-state index in [-0.39, 0.29) is 17.3 Å². The molecular formula is C25H31N3O7S2. The molecule has 0 saturated carbocycles. The van der Waals surface area contributed by atoms with Gasteiger partial charge in [-0.2, -0.15) is 9.30 Å². The minimum Gasteiger partial charge on any atom is -0.497 e. The lowest BCUT2D eigenvalue weighted by atomic mass is 9.99. The topological polar surface area (TPSA) is 109 Å². The summed E-state index contributed by atoms with van der Waals surface area (Å²) < 4.78 is 52.1. The highest BCUT2D eigenvalue weighted by Gasteiger charge is 2.33. The molecule has 1 saturated heterocycles. The first-order valence-corrected chi connectivity index (χ1v) is 14.1. The van der Waals surface area contributed by atoms with Gasteiger partial charge in [0, 0.05) is 26.7 Å². The molecule has 1 aliphatic heterocycles. The van der Waals surface area contributed by atoms with Gasteiger partial charge in [-0.3, -0.25) is 4.79 Å². The summed E-state index contributed by atoms with van der Waals surface area (Å²) in [6, 6.07) is 9.87. The van der Waals surface area contributed by atoms with E-state index in [9.17, 15) is 13.2 Å². The van der Waals surface area contributed by atoms with E-state index in [1.807, 2.05) is 16.7 Å². The number of carbonyl (C=O) groups is 1. The number of aromatic nitrogens is 1. The Kier molecular flexibility index (Phi) is 8.53. The lowest BCUT2D eigenvalue weighted by Crippen LogP contribution is -2.42. The molecule has 0 radical (unpaired) electrons. The number of amides is 1. The van der Waals surface area contributed by atoms with Gasteiger partial charge in [-0.25, -0.2) is 8.42 Å². The fourth-order valence-electron chi connectivity index (χ4n) is 4.37. The number of nitrogens with zero attached hydrogens (tertiary/aromatic N) is 3. The van der Waals surface area contributed by atoms with Gasteiger partial charge in [-0.05, 0) is 49.2 Å². The number of fused-ring (bicyclic) bond motifs is 1. The molecule has 0 aliphatic carbocycles. The number of sulfonamides is 1. The van der Waals surface area contributed by atoms with Gasteiger partial charge < -0.3 is 23.5 Å². The van der Waals surface area contributed by atoms with E-state index in [2.05, 4.69) is 4.99 Å². The Labute approximate surface area is 220 Å². The number of hydrogen-bond donors (Lipinski definition) is 0. The molecule has 1 aromatic heterocycles. The second-order valence-corrected chi connectivity index (χ2v) is 11.4. The molecule has 4 rings (SSSR count). The average molecular weight is 550 g/mol. The number of thiazole rings is 1. The van der Waals surface area contributed by atoms with Gasteiger partial charge in [0.2, 0.25) is 10.0 Å². The SMILES string of the molecule is COCCn1c(=NC(=O)C2CCCN(S(=O)(=O)c3ccc(OC)cc3)C2)sc2c(OC)ccc(OC)c21. The summed E-state index contributed by atoms with van der Waals surface area (Å²) in [5, 5.41) is 0. The highest BCUT2D eigenvalue weighted by Crippen LogP contribution is 2.35. The lowest BCUT2D eigenvalue weighted by molar-refractivity contribution is -0.122. The zero-order valence-corrected chi connectivity index (χ0v) is 22.9. The monoisotopic (exact) mass is 549 g/mol. The quantitative estimate of drug-likeness (QED) is 0.404. The normalized spacial score (nSPS) is 17.2. The number of rotatable bonds is 9. The third kappa shape index (κ3) is 5.52. The van der Waals surface area contributed by atoms with Crippen molar-refractivity contribution >= 4 is 37.5 Å². The third-order valence-electron chi connectivity index (χ3n) is 6.35. The molecule has 1 amide bonds. The largest absolute Gasteiger partial charge is 0.497 e. The van der Waals surface area contributed by atoms with Crippen LogP contribution in [0.4, 0.5) is 0 Å². The summed E-state index contributed by atoms with van der Waals surface area (Å²) in [5.74, 6) is 0.946. The van der Waals surface area contributed by atoms with E-state index in [1.54, 1.807) is 33.5 Å². The van der Waals surface area contributed by atoms with Crippen molar-refractivity contribution in [3.05, 3.63) is 41.2 Å². The summed E-state index contributed by atoms with van der Waals surface area (Å²) in [6.45, 7) is 1.29. The predicted molar refractivity (Wildman–Crippen MR) is 140 cm³/mol. The van der Waals surface area contributed by atoms with Crippen LogP contribution in [-0.2, 0) is 26.1 Å². The zero-order chi connectivity index (χ0) is 26.6. The van der Waals surface area contributed by atoms with E-state index >= 15 is 0 Å². The first-order valence-electron chi connectivity index (χ1n) is 11.8. The highest BCUT2D eigenvalue weighted by atomic mass is 32.2. The van der Waals surface area contributed by atoms with Crippen LogP contribution in [0.5, 0.6) is 17.2 Å². The zero-order valence-electron chi connectivity index (χ0n) is 21.3. The molecule has 37 heavy (non-hydrogen) atoms. The van der Waals surface area contributed by atoms with Crippen LogP contribution in [0.3, 0.4) is 0 Å². The minimum absolute atomic E-state index is 0.0757. The Balaban J connectivity index is 1.67. The van der Waals surface area contributed by atoms with Gasteiger partial charge in [-0.15, -0.1) is 0 Å². The third-order valence-corrected chi connectivity index (χ3v) is 9.32. The summed E-state index contributed by atoms with van der Waals surface area (Å²) in [5.41, 5.74) is 0.766. The number of ether oxygens (including phenoxy) is 4. The number of benzene rings is 2. The van der Waals surface area contributed by atoms with Crippen molar-refractivity contribution in [1.29, 1.82) is 0 Å². The summed E-state index contributed by atoms with van der Waals surface area (Å²) in [4.78, 5) is 18.5.